The minimum atomic E-state index is 0.0825. The third kappa shape index (κ3) is 2.75. The molecule has 2 N–H and O–H groups in total. The van der Waals surface area contributed by atoms with E-state index in [1.165, 1.54) is 0 Å². The van der Waals surface area contributed by atoms with E-state index < -0.39 is 0 Å². The first-order valence-corrected chi connectivity index (χ1v) is 4.63. The van der Waals surface area contributed by atoms with Crippen molar-refractivity contribution in [2.45, 2.75) is 19.4 Å². The lowest BCUT2D eigenvalue weighted by Crippen LogP contribution is -2.08. The van der Waals surface area contributed by atoms with Gasteiger partial charge in [0.15, 0.2) is 6.61 Å². The van der Waals surface area contributed by atoms with Gasteiger partial charge in [-0.25, -0.2) is 0 Å². The Labute approximate surface area is 84.1 Å². The van der Waals surface area contributed by atoms with Gasteiger partial charge in [-0.05, 0) is 24.1 Å². The molecule has 0 amide bonds. The number of rotatable bonds is 4. The van der Waals surface area contributed by atoms with E-state index >= 15 is 0 Å². The van der Waals surface area contributed by atoms with E-state index in [0.29, 0.717) is 5.75 Å². The first-order chi connectivity index (χ1) is 6.77. The fourth-order valence-corrected chi connectivity index (χ4v) is 1.16. The summed E-state index contributed by atoms with van der Waals surface area (Å²) in [6, 6.07) is 9.54. The molecule has 0 saturated heterocycles. The zero-order valence-corrected chi connectivity index (χ0v) is 8.23. The molecule has 0 aliphatic carbocycles. The monoisotopic (exact) mass is 190 g/mol. The maximum absolute atomic E-state index is 8.31. The summed E-state index contributed by atoms with van der Waals surface area (Å²) >= 11 is 0. The number of ether oxygens (including phenoxy) is 1. The Kier molecular flexibility index (Phi) is 3.96. The molecule has 0 heterocycles. The van der Waals surface area contributed by atoms with Crippen LogP contribution in [-0.4, -0.2) is 6.61 Å². The highest BCUT2D eigenvalue weighted by atomic mass is 16.5. The van der Waals surface area contributed by atoms with Crippen molar-refractivity contribution in [1.82, 2.24) is 0 Å². The number of nitrogens with two attached hydrogens (primary N) is 1. The van der Waals surface area contributed by atoms with Crippen molar-refractivity contribution >= 4 is 0 Å². The van der Waals surface area contributed by atoms with E-state index in [-0.39, 0.29) is 12.6 Å². The average Bonchev–Trinajstić information content (AvgIpc) is 2.26. The predicted octanol–water partition coefficient (Wildman–Crippen LogP) is 2.00. The third-order valence-corrected chi connectivity index (χ3v) is 2.05. The zero-order chi connectivity index (χ0) is 10.4. The lowest BCUT2D eigenvalue weighted by atomic mass is 10.1. The highest BCUT2D eigenvalue weighted by molar-refractivity contribution is 5.29. The maximum atomic E-state index is 8.31. The summed E-state index contributed by atoms with van der Waals surface area (Å²) in [5.41, 5.74) is 6.95. The number of hydrogen-bond acceptors (Lipinski definition) is 3. The quantitative estimate of drug-likeness (QED) is 0.789. The van der Waals surface area contributed by atoms with Crippen molar-refractivity contribution < 1.29 is 4.74 Å². The minimum Gasteiger partial charge on any atom is -0.479 e. The highest BCUT2D eigenvalue weighted by Gasteiger charge is 2.02. The molecule has 3 nitrogen and oxygen atoms in total. The summed E-state index contributed by atoms with van der Waals surface area (Å²) in [6.07, 6.45) is 0.915. The van der Waals surface area contributed by atoms with Crippen molar-refractivity contribution in [3.63, 3.8) is 0 Å². The molecule has 0 saturated carbocycles. The number of nitrogens with zero attached hydrogens (tertiary/aromatic N) is 1. The van der Waals surface area contributed by atoms with Gasteiger partial charge < -0.3 is 10.5 Å². The van der Waals surface area contributed by atoms with Crippen molar-refractivity contribution in [2.24, 2.45) is 5.73 Å². The lowest BCUT2D eigenvalue weighted by molar-refractivity contribution is 0.368. The van der Waals surface area contributed by atoms with Gasteiger partial charge in [-0.3, -0.25) is 0 Å². The molecule has 14 heavy (non-hydrogen) atoms. The second kappa shape index (κ2) is 5.25. The SMILES string of the molecule is CC[C@@H](N)c1ccc(OCC#N)cc1. The van der Waals surface area contributed by atoms with Crippen LogP contribution in [0.4, 0.5) is 0 Å². The number of benzene rings is 1. The molecule has 0 fully saturated rings. The van der Waals surface area contributed by atoms with E-state index in [0.717, 1.165) is 12.0 Å². The Morgan fingerprint density at radius 2 is 2.07 bits per heavy atom. The van der Waals surface area contributed by atoms with Crippen molar-refractivity contribution in [3.05, 3.63) is 29.8 Å². The Bertz CT molecular complexity index is 313. The molecule has 0 bridgehead atoms. The predicted molar refractivity (Wildman–Crippen MR) is 54.8 cm³/mol. The average molecular weight is 190 g/mol. The minimum absolute atomic E-state index is 0.0825. The number of hydrogen-bond donors (Lipinski definition) is 1. The van der Waals surface area contributed by atoms with E-state index in [9.17, 15) is 0 Å². The van der Waals surface area contributed by atoms with Crippen molar-refractivity contribution in [2.75, 3.05) is 6.61 Å². The summed E-state index contributed by atoms with van der Waals surface area (Å²) in [7, 11) is 0. The van der Waals surface area contributed by atoms with E-state index in [1.807, 2.05) is 37.3 Å². The first-order valence-electron chi connectivity index (χ1n) is 4.63. The highest BCUT2D eigenvalue weighted by Crippen LogP contribution is 2.17. The van der Waals surface area contributed by atoms with Gasteiger partial charge in [0.25, 0.3) is 0 Å². The van der Waals surface area contributed by atoms with Crippen LogP contribution < -0.4 is 10.5 Å². The maximum Gasteiger partial charge on any atom is 0.174 e. The van der Waals surface area contributed by atoms with Crippen LogP contribution >= 0.6 is 0 Å². The summed E-state index contributed by atoms with van der Waals surface area (Å²) in [5, 5.41) is 8.31. The van der Waals surface area contributed by atoms with Crippen LogP contribution in [0.2, 0.25) is 0 Å². The molecular weight excluding hydrogens is 176 g/mol. The molecule has 0 aromatic heterocycles. The molecule has 3 heteroatoms. The zero-order valence-electron chi connectivity index (χ0n) is 8.23. The van der Waals surface area contributed by atoms with E-state index in [1.54, 1.807) is 0 Å². The molecular formula is C11H14N2O. The molecule has 0 spiro atoms. The van der Waals surface area contributed by atoms with Gasteiger partial charge in [-0.15, -0.1) is 0 Å². The normalized spacial score (nSPS) is 11.8. The second-order valence-electron chi connectivity index (χ2n) is 3.03. The summed E-state index contributed by atoms with van der Waals surface area (Å²) in [5.74, 6) is 0.707. The van der Waals surface area contributed by atoms with Gasteiger partial charge in [0.1, 0.15) is 11.8 Å². The topological polar surface area (TPSA) is 59.0 Å². The van der Waals surface area contributed by atoms with Gasteiger partial charge >= 0.3 is 0 Å². The number of nitriles is 1. The van der Waals surface area contributed by atoms with Crippen LogP contribution in [0.15, 0.2) is 24.3 Å². The van der Waals surface area contributed by atoms with Crippen molar-refractivity contribution in [3.8, 4) is 11.8 Å². The molecule has 1 aromatic carbocycles. The van der Waals surface area contributed by atoms with Gasteiger partial charge in [0.2, 0.25) is 0 Å². The Hall–Kier alpha value is -1.53. The fraction of sp³-hybridized carbons (Fsp3) is 0.364. The fourth-order valence-electron chi connectivity index (χ4n) is 1.16. The Balaban J connectivity index is 2.64. The summed E-state index contributed by atoms with van der Waals surface area (Å²) in [6.45, 7) is 2.13. The molecule has 1 atom stereocenters. The van der Waals surface area contributed by atoms with Gasteiger partial charge in [0, 0.05) is 6.04 Å². The van der Waals surface area contributed by atoms with Crippen LogP contribution in [0.25, 0.3) is 0 Å². The molecule has 0 unspecified atom stereocenters. The largest absolute Gasteiger partial charge is 0.479 e. The lowest BCUT2D eigenvalue weighted by Gasteiger charge is -2.09. The van der Waals surface area contributed by atoms with Crippen LogP contribution in [0, 0.1) is 11.3 Å². The van der Waals surface area contributed by atoms with Gasteiger partial charge in [-0.2, -0.15) is 5.26 Å². The van der Waals surface area contributed by atoms with Gasteiger partial charge in [0.05, 0.1) is 0 Å². The van der Waals surface area contributed by atoms with Crippen LogP contribution in [-0.2, 0) is 0 Å². The second-order valence-corrected chi connectivity index (χ2v) is 3.03. The Morgan fingerprint density at radius 1 is 1.43 bits per heavy atom. The van der Waals surface area contributed by atoms with Crippen LogP contribution in [0.3, 0.4) is 0 Å². The Morgan fingerprint density at radius 3 is 2.57 bits per heavy atom. The van der Waals surface area contributed by atoms with E-state index in [4.69, 9.17) is 15.7 Å². The molecule has 74 valence electrons. The molecule has 1 rings (SSSR count). The molecule has 1 aromatic rings. The summed E-state index contributed by atoms with van der Waals surface area (Å²) in [4.78, 5) is 0. The van der Waals surface area contributed by atoms with Crippen molar-refractivity contribution in [1.29, 1.82) is 5.26 Å². The molecule has 0 aliphatic rings. The standard InChI is InChI=1S/C11H14N2O/c1-2-11(13)9-3-5-10(6-4-9)14-8-7-12/h3-6,11H,2,8,13H2,1H3/t11-/m1/s1. The van der Waals surface area contributed by atoms with E-state index in [2.05, 4.69) is 0 Å². The van der Waals surface area contributed by atoms with Gasteiger partial charge in [-0.1, -0.05) is 19.1 Å². The van der Waals surface area contributed by atoms with Crippen LogP contribution in [0.5, 0.6) is 5.75 Å². The molecule has 0 aliphatic heterocycles. The first kappa shape index (κ1) is 10.6. The smallest absolute Gasteiger partial charge is 0.174 e. The summed E-state index contributed by atoms with van der Waals surface area (Å²) < 4.78 is 5.12. The third-order valence-electron chi connectivity index (χ3n) is 2.05. The molecule has 0 radical (unpaired) electrons. The van der Waals surface area contributed by atoms with Crippen LogP contribution in [0.1, 0.15) is 24.9 Å².